The van der Waals surface area contributed by atoms with Crippen LogP contribution in [-0.4, -0.2) is 28.0 Å². The van der Waals surface area contributed by atoms with Crippen molar-refractivity contribution in [2.75, 3.05) is 0 Å². The number of aliphatic carboxylic acids is 1. The molecular weight excluding hydrogens is 361 g/mol. The van der Waals surface area contributed by atoms with Crippen molar-refractivity contribution in [3.63, 3.8) is 0 Å². The molecule has 0 spiro atoms. The number of carbonyl (C=O) groups excluding carboxylic acids is 1. The van der Waals surface area contributed by atoms with Gasteiger partial charge < -0.3 is 15.4 Å². The second-order valence-corrected chi connectivity index (χ2v) is 5.97. The number of carboxylic acids is 1. The van der Waals surface area contributed by atoms with E-state index in [4.69, 9.17) is 0 Å². The Morgan fingerprint density at radius 1 is 1.07 bits per heavy atom. The van der Waals surface area contributed by atoms with Gasteiger partial charge in [-0.15, -0.1) is 0 Å². The van der Waals surface area contributed by atoms with Crippen LogP contribution in [0.2, 0.25) is 0 Å². The van der Waals surface area contributed by atoms with Crippen molar-refractivity contribution in [3.05, 3.63) is 71.4 Å². The third kappa shape index (κ3) is 3.94. The predicted octanol–water partition coefficient (Wildman–Crippen LogP) is 3.61. The first-order valence-electron chi connectivity index (χ1n) is 8.02. The molecule has 1 heterocycles. The van der Waals surface area contributed by atoms with Crippen LogP contribution in [0.5, 0.6) is 0 Å². The third-order valence-corrected chi connectivity index (χ3v) is 4.18. The van der Waals surface area contributed by atoms with Crippen molar-refractivity contribution in [2.24, 2.45) is 0 Å². The predicted molar refractivity (Wildman–Crippen MR) is 92.3 cm³/mol. The Morgan fingerprint density at radius 2 is 1.74 bits per heavy atom. The molecule has 0 aliphatic carbocycles. The number of benzene rings is 2. The van der Waals surface area contributed by atoms with Gasteiger partial charge in [-0.1, -0.05) is 30.3 Å². The molecule has 140 valence electrons. The summed E-state index contributed by atoms with van der Waals surface area (Å²) in [5.41, 5.74) is -0.290. The monoisotopic (exact) mass is 376 g/mol. The van der Waals surface area contributed by atoms with E-state index in [1.165, 1.54) is 12.1 Å². The van der Waals surface area contributed by atoms with Crippen LogP contribution >= 0.6 is 0 Å². The van der Waals surface area contributed by atoms with Crippen LogP contribution in [0.15, 0.2) is 54.7 Å². The van der Waals surface area contributed by atoms with Crippen molar-refractivity contribution >= 4 is 22.8 Å². The molecule has 0 aliphatic rings. The quantitative estimate of drug-likeness (QED) is 0.636. The van der Waals surface area contributed by atoms with E-state index in [0.717, 1.165) is 23.0 Å². The number of aromatic nitrogens is 1. The van der Waals surface area contributed by atoms with E-state index in [1.807, 2.05) is 12.1 Å². The number of amides is 1. The van der Waals surface area contributed by atoms with Crippen LogP contribution in [-0.2, 0) is 17.4 Å². The number of hydrogen-bond donors (Lipinski definition) is 3. The summed E-state index contributed by atoms with van der Waals surface area (Å²) in [6.45, 7) is 0. The molecule has 1 amide bonds. The van der Waals surface area contributed by atoms with Gasteiger partial charge in [0.2, 0.25) is 0 Å². The Bertz CT molecular complexity index is 995. The standard InChI is InChI=1S/C19H15F3N2O3/c20-19(21,22)14-7-3-1-6-13(14)17(25)24-16(18(26)27)9-11-10-23-15-8-4-2-5-12(11)15/h1-8,10,16,23H,9H2,(H,24,25)(H,26,27). The molecule has 0 bridgehead atoms. The van der Waals surface area contributed by atoms with E-state index in [-0.39, 0.29) is 6.42 Å². The molecule has 27 heavy (non-hydrogen) atoms. The smallest absolute Gasteiger partial charge is 0.417 e. The summed E-state index contributed by atoms with van der Waals surface area (Å²) in [6.07, 6.45) is -3.17. The number of carbonyl (C=O) groups is 2. The van der Waals surface area contributed by atoms with Crippen molar-refractivity contribution < 1.29 is 27.9 Å². The molecule has 2 aromatic carbocycles. The fraction of sp³-hybridized carbons (Fsp3) is 0.158. The van der Waals surface area contributed by atoms with Crippen molar-refractivity contribution in [3.8, 4) is 0 Å². The number of para-hydroxylation sites is 1. The van der Waals surface area contributed by atoms with Crippen LogP contribution in [0.4, 0.5) is 13.2 Å². The molecule has 3 aromatic rings. The maximum atomic E-state index is 13.1. The summed E-state index contributed by atoms with van der Waals surface area (Å²) in [5, 5.41) is 12.4. The van der Waals surface area contributed by atoms with Gasteiger partial charge in [0, 0.05) is 23.5 Å². The highest BCUT2D eigenvalue weighted by molar-refractivity contribution is 5.98. The summed E-state index contributed by atoms with van der Waals surface area (Å²) in [7, 11) is 0. The first kappa shape index (κ1) is 18.5. The van der Waals surface area contributed by atoms with Gasteiger partial charge in [0.25, 0.3) is 5.91 Å². The van der Waals surface area contributed by atoms with Gasteiger partial charge >= 0.3 is 12.1 Å². The van der Waals surface area contributed by atoms with Gasteiger partial charge in [0.15, 0.2) is 0 Å². The SMILES string of the molecule is O=C(NC(Cc1c[nH]c2ccccc12)C(=O)O)c1ccccc1C(F)(F)F. The number of carboxylic acid groups (broad SMARTS) is 1. The molecule has 8 heteroatoms. The zero-order valence-electron chi connectivity index (χ0n) is 13.9. The van der Waals surface area contributed by atoms with E-state index in [2.05, 4.69) is 10.3 Å². The van der Waals surface area contributed by atoms with Crippen LogP contribution in [0.1, 0.15) is 21.5 Å². The van der Waals surface area contributed by atoms with Crippen molar-refractivity contribution in [1.82, 2.24) is 10.3 Å². The largest absolute Gasteiger partial charge is 0.480 e. The topological polar surface area (TPSA) is 82.2 Å². The highest BCUT2D eigenvalue weighted by Gasteiger charge is 2.35. The van der Waals surface area contributed by atoms with Crippen LogP contribution in [0.3, 0.4) is 0 Å². The first-order chi connectivity index (χ1) is 12.8. The van der Waals surface area contributed by atoms with E-state index in [0.29, 0.717) is 5.56 Å². The number of nitrogens with one attached hydrogen (secondary N) is 2. The van der Waals surface area contributed by atoms with Gasteiger partial charge in [-0.3, -0.25) is 4.79 Å². The molecule has 0 saturated heterocycles. The minimum Gasteiger partial charge on any atom is -0.480 e. The second kappa shape index (κ2) is 7.14. The molecular formula is C19H15F3N2O3. The molecule has 5 nitrogen and oxygen atoms in total. The summed E-state index contributed by atoms with van der Waals surface area (Å²) in [5.74, 6) is -2.42. The lowest BCUT2D eigenvalue weighted by atomic mass is 10.0. The maximum absolute atomic E-state index is 13.1. The Kier molecular flexibility index (Phi) is 4.89. The van der Waals surface area contributed by atoms with Gasteiger partial charge in [0.1, 0.15) is 6.04 Å². The van der Waals surface area contributed by atoms with Gasteiger partial charge in [0.05, 0.1) is 11.1 Å². The van der Waals surface area contributed by atoms with Crippen LogP contribution < -0.4 is 5.32 Å². The van der Waals surface area contributed by atoms with Crippen LogP contribution in [0.25, 0.3) is 10.9 Å². The highest BCUT2D eigenvalue weighted by atomic mass is 19.4. The van der Waals surface area contributed by atoms with Crippen molar-refractivity contribution in [1.29, 1.82) is 0 Å². The minimum atomic E-state index is -4.72. The first-order valence-corrected chi connectivity index (χ1v) is 8.02. The minimum absolute atomic E-state index is 0.0702. The summed E-state index contributed by atoms with van der Waals surface area (Å²) in [6, 6.07) is 10.1. The number of fused-ring (bicyclic) bond motifs is 1. The molecule has 1 atom stereocenters. The van der Waals surface area contributed by atoms with Gasteiger partial charge in [-0.25, -0.2) is 4.79 Å². The Labute approximate surface area is 151 Å². The lowest BCUT2D eigenvalue weighted by molar-refractivity contribution is -0.139. The van der Waals surface area contributed by atoms with E-state index in [1.54, 1.807) is 18.3 Å². The summed E-state index contributed by atoms with van der Waals surface area (Å²) < 4.78 is 39.3. The van der Waals surface area contributed by atoms with Crippen molar-refractivity contribution in [2.45, 2.75) is 18.6 Å². The summed E-state index contributed by atoms with van der Waals surface area (Å²) in [4.78, 5) is 26.9. The number of halogens is 3. The average Bonchev–Trinajstić information content (AvgIpc) is 3.03. The zero-order chi connectivity index (χ0) is 19.6. The summed E-state index contributed by atoms with van der Waals surface area (Å²) >= 11 is 0. The number of hydrogen-bond acceptors (Lipinski definition) is 2. The molecule has 0 aliphatic heterocycles. The molecule has 0 radical (unpaired) electrons. The molecule has 3 rings (SSSR count). The normalized spacial score (nSPS) is 12.7. The van der Waals surface area contributed by atoms with E-state index >= 15 is 0 Å². The van der Waals surface area contributed by atoms with Crippen LogP contribution in [0, 0.1) is 0 Å². The Balaban J connectivity index is 1.85. The lowest BCUT2D eigenvalue weighted by Gasteiger charge is -2.17. The number of rotatable bonds is 5. The number of aromatic amines is 1. The second-order valence-electron chi connectivity index (χ2n) is 5.97. The van der Waals surface area contributed by atoms with Gasteiger partial charge in [-0.2, -0.15) is 13.2 Å². The molecule has 1 aromatic heterocycles. The average molecular weight is 376 g/mol. The van der Waals surface area contributed by atoms with E-state index in [9.17, 15) is 27.9 Å². The molecule has 1 unspecified atom stereocenters. The molecule has 0 saturated carbocycles. The number of alkyl halides is 3. The number of H-pyrrole nitrogens is 1. The molecule has 3 N–H and O–H groups in total. The third-order valence-electron chi connectivity index (χ3n) is 4.18. The fourth-order valence-corrected chi connectivity index (χ4v) is 2.88. The lowest BCUT2D eigenvalue weighted by Crippen LogP contribution is -2.42. The Morgan fingerprint density at radius 3 is 2.44 bits per heavy atom. The fourth-order valence-electron chi connectivity index (χ4n) is 2.88. The Hall–Kier alpha value is -3.29. The maximum Gasteiger partial charge on any atom is 0.417 e. The highest BCUT2D eigenvalue weighted by Crippen LogP contribution is 2.31. The zero-order valence-corrected chi connectivity index (χ0v) is 13.9. The van der Waals surface area contributed by atoms with E-state index < -0.39 is 35.2 Å². The van der Waals surface area contributed by atoms with Gasteiger partial charge in [-0.05, 0) is 23.8 Å². The molecule has 0 fully saturated rings.